The zero-order valence-corrected chi connectivity index (χ0v) is 17.2. The van der Waals surface area contributed by atoms with Crippen molar-refractivity contribution in [2.45, 2.75) is 25.9 Å². The molecule has 0 saturated heterocycles. The van der Waals surface area contributed by atoms with E-state index >= 15 is 0 Å². The van der Waals surface area contributed by atoms with E-state index in [9.17, 15) is 12.8 Å². The van der Waals surface area contributed by atoms with Gasteiger partial charge in [-0.2, -0.15) is 0 Å². The molecule has 1 rings (SSSR count). The van der Waals surface area contributed by atoms with Crippen molar-refractivity contribution in [2.24, 2.45) is 4.99 Å². The van der Waals surface area contributed by atoms with Crippen molar-refractivity contribution in [3.8, 4) is 0 Å². The highest BCUT2D eigenvalue weighted by Gasteiger charge is 2.09. The zero-order valence-electron chi connectivity index (χ0n) is 13.3. The average Bonchev–Trinajstić information content (AvgIpc) is 2.44. The summed E-state index contributed by atoms with van der Waals surface area (Å²) in [5, 5.41) is 6.24. The van der Waals surface area contributed by atoms with Gasteiger partial charge in [-0.15, -0.1) is 24.0 Å². The topological polar surface area (TPSA) is 70.6 Å². The minimum absolute atomic E-state index is 0. The highest BCUT2D eigenvalue weighted by Crippen LogP contribution is 2.15. The van der Waals surface area contributed by atoms with E-state index in [0.717, 1.165) is 5.56 Å². The van der Waals surface area contributed by atoms with Gasteiger partial charge in [-0.05, 0) is 31.0 Å². The molecule has 23 heavy (non-hydrogen) atoms. The van der Waals surface area contributed by atoms with Gasteiger partial charge in [0.15, 0.2) is 5.96 Å². The summed E-state index contributed by atoms with van der Waals surface area (Å²) in [5.74, 6) is 0.204. The van der Waals surface area contributed by atoms with Gasteiger partial charge in [0.2, 0.25) is 0 Å². The Morgan fingerprint density at radius 2 is 2.09 bits per heavy atom. The minimum atomic E-state index is -2.98. The summed E-state index contributed by atoms with van der Waals surface area (Å²) in [6.45, 7) is 2.31. The van der Waals surface area contributed by atoms with Crippen molar-refractivity contribution < 1.29 is 12.8 Å². The van der Waals surface area contributed by atoms with Crippen molar-refractivity contribution in [3.05, 3.63) is 34.6 Å². The van der Waals surface area contributed by atoms with Crippen LogP contribution in [0.5, 0.6) is 0 Å². The number of hydrogen-bond donors (Lipinski definition) is 2. The van der Waals surface area contributed by atoms with Crippen LogP contribution in [-0.2, 0) is 16.4 Å². The lowest BCUT2D eigenvalue weighted by Gasteiger charge is -2.17. The molecule has 1 aromatic rings. The maximum atomic E-state index is 13.1. The monoisotopic (exact) mass is 477 g/mol. The van der Waals surface area contributed by atoms with Gasteiger partial charge < -0.3 is 10.6 Å². The summed E-state index contributed by atoms with van der Waals surface area (Å²) >= 11 is 5.73. The molecular formula is C14H22ClFIN3O2S. The van der Waals surface area contributed by atoms with Gasteiger partial charge >= 0.3 is 0 Å². The molecule has 0 aromatic heterocycles. The molecule has 0 amide bonds. The molecule has 0 bridgehead atoms. The lowest BCUT2D eigenvalue weighted by Crippen LogP contribution is -2.42. The van der Waals surface area contributed by atoms with Crippen LogP contribution in [0.3, 0.4) is 0 Å². The smallest absolute Gasteiger partial charge is 0.191 e. The first kappa shape index (κ1) is 22.4. The lowest BCUT2D eigenvalue weighted by molar-refractivity contribution is 0.581. The molecule has 5 nitrogen and oxygen atoms in total. The maximum Gasteiger partial charge on any atom is 0.191 e. The standard InChI is InChI=1S/C14H21ClFN3O2S.HI/c1-10(6-7-22(3,20)21)19-14(17-2)18-9-11-4-5-13(16)12(15)8-11;/h4-5,8,10H,6-7,9H2,1-3H3,(H2,17,18,19);1H. The lowest BCUT2D eigenvalue weighted by atomic mass is 10.2. The SMILES string of the molecule is CN=C(NCc1ccc(F)c(Cl)c1)NC(C)CCS(C)(=O)=O.I. The molecule has 1 unspecified atom stereocenters. The first-order valence-corrected chi connectivity index (χ1v) is 9.24. The third kappa shape index (κ3) is 9.31. The molecular weight excluding hydrogens is 456 g/mol. The second-order valence-electron chi connectivity index (χ2n) is 5.14. The Morgan fingerprint density at radius 3 is 2.61 bits per heavy atom. The predicted molar refractivity (Wildman–Crippen MR) is 104 cm³/mol. The van der Waals surface area contributed by atoms with Crippen LogP contribution in [0.2, 0.25) is 5.02 Å². The van der Waals surface area contributed by atoms with Gasteiger partial charge in [0, 0.05) is 25.9 Å². The molecule has 0 aliphatic rings. The van der Waals surface area contributed by atoms with Gasteiger partial charge in [0.1, 0.15) is 15.7 Å². The van der Waals surface area contributed by atoms with E-state index in [-0.39, 0.29) is 40.8 Å². The van der Waals surface area contributed by atoms with E-state index in [2.05, 4.69) is 15.6 Å². The van der Waals surface area contributed by atoms with Crippen molar-refractivity contribution in [2.75, 3.05) is 19.1 Å². The summed E-state index contributed by atoms with van der Waals surface area (Å²) < 4.78 is 35.4. The van der Waals surface area contributed by atoms with E-state index in [1.807, 2.05) is 6.92 Å². The summed E-state index contributed by atoms with van der Waals surface area (Å²) in [6.07, 6.45) is 1.70. The molecule has 0 aliphatic heterocycles. The van der Waals surface area contributed by atoms with Gasteiger partial charge in [-0.25, -0.2) is 12.8 Å². The van der Waals surface area contributed by atoms with E-state index in [0.29, 0.717) is 18.9 Å². The van der Waals surface area contributed by atoms with Crippen molar-refractivity contribution in [1.82, 2.24) is 10.6 Å². The number of halogens is 3. The summed E-state index contributed by atoms with van der Waals surface area (Å²) in [5.41, 5.74) is 0.818. The Hall–Kier alpha value is -0.610. The quantitative estimate of drug-likeness (QED) is 0.375. The Kier molecular flexibility index (Phi) is 10.0. The second-order valence-corrected chi connectivity index (χ2v) is 7.81. The van der Waals surface area contributed by atoms with Crippen LogP contribution >= 0.6 is 35.6 Å². The van der Waals surface area contributed by atoms with Gasteiger partial charge in [-0.1, -0.05) is 17.7 Å². The Labute approximate surface area is 159 Å². The molecule has 132 valence electrons. The van der Waals surface area contributed by atoms with Crippen LogP contribution in [0, 0.1) is 5.82 Å². The molecule has 2 N–H and O–H groups in total. The third-order valence-electron chi connectivity index (χ3n) is 2.97. The zero-order chi connectivity index (χ0) is 16.8. The van der Waals surface area contributed by atoms with Gasteiger partial charge in [-0.3, -0.25) is 4.99 Å². The largest absolute Gasteiger partial charge is 0.354 e. The number of sulfone groups is 1. The van der Waals surface area contributed by atoms with E-state index in [1.54, 1.807) is 19.2 Å². The minimum Gasteiger partial charge on any atom is -0.354 e. The van der Waals surface area contributed by atoms with Crippen molar-refractivity contribution in [3.63, 3.8) is 0 Å². The molecule has 0 saturated carbocycles. The number of benzene rings is 1. The van der Waals surface area contributed by atoms with E-state index < -0.39 is 15.7 Å². The second kappa shape index (κ2) is 10.3. The van der Waals surface area contributed by atoms with Crippen LogP contribution in [0.4, 0.5) is 4.39 Å². The van der Waals surface area contributed by atoms with Crippen LogP contribution in [0.25, 0.3) is 0 Å². The van der Waals surface area contributed by atoms with Crippen LogP contribution in [0.15, 0.2) is 23.2 Å². The number of guanidine groups is 1. The number of hydrogen-bond acceptors (Lipinski definition) is 3. The normalized spacial score (nSPS) is 13.2. The average molecular weight is 478 g/mol. The maximum absolute atomic E-state index is 13.1. The summed E-state index contributed by atoms with van der Waals surface area (Å²) in [6, 6.07) is 4.45. The Balaban J connectivity index is 0.00000484. The third-order valence-corrected chi connectivity index (χ3v) is 4.24. The number of aliphatic imine (C=N–C) groups is 1. The summed E-state index contributed by atoms with van der Waals surface area (Å²) in [7, 11) is -1.35. The fourth-order valence-electron chi connectivity index (χ4n) is 1.73. The molecule has 0 spiro atoms. The first-order valence-electron chi connectivity index (χ1n) is 6.80. The van der Waals surface area contributed by atoms with E-state index in [4.69, 9.17) is 11.6 Å². The molecule has 0 heterocycles. The fourth-order valence-corrected chi connectivity index (χ4v) is 2.71. The first-order chi connectivity index (χ1) is 10.2. The molecule has 0 aliphatic carbocycles. The number of nitrogens with one attached hydrogen (secondary N) is 2. The highest BCUT2D eigenvalue weighted by molar-refractivity contribution is 14.0. The highest BCUT2D eigenvalue weighted by atomic mass is 127. The molecule has 1 aromatic carbocycles. The van der Waals surface area contributed by atoms with Crippen molar-refractivity contribution in [1.29, 1.82) is 0 Å². The summed E-state index contributed by atoms with van der Waals surface area (Å²) in [4.78, 5) is 4.07. The van der Waals surface area contributed by atoms with Crippen LogP contribution in [-0.4, -0.2) is 39.5 Å². The molecule has 9 heteroatoms. The number of rotatable bonds is 6. The van der Waals surface area contributed by atoms with Crippen molar-refractivity contribution >= 4 is 51.4 Å². The molecule has 1 atom stereocenters. The fraction of sp³-hybridized carbons (Fsp3) is 0.500. The molecule has 0 fully saturated rings. The Bertz CT molecular complexity index is 641. The predicted octanol–water partition coefficient (Wildman–Crippen LogP) is 2.59. The van der Waals surface area contributed by atoms with Gasteiger partial charge in [0.25, 0.3) is 0 Å². The number of nitrogens with zero attached hydrogens (tertiary/aromatic N) is 1. The van der Waals surface area contributed by atoms with Gasteiger partial charge in [0.05, 0.1) is 10.8 Å². The van der Waals surface area contributed by atoms with Crippen LogP contribution in [0.1, 0.15) is 18.9 Å². The van der Waals surface area contributed by atoms with Crippen LogP contribution < -0.4 is 10.6 Å². The molecule has 0 radical (unpaired) electrons. The Morgan fingerprint density at radius 1 is 1.43 bits per heavy atom. The van der Waals surface area contributed by atoms with E-state index in [1.165, 1.54) is 12.3 Å².